The van der Waals surface area contributed by atoms with E-state index >= 15 is 0 Å². The minimum absolute atomic E-state index is 0.215. The van der Waals surface area contributed by atoms with Gasteiger partial charge in [0.2, 0.25) is 0 Å². The molecule has 1 saturated heterocycles. The zero-order chi connectivity index (χ0) is 13.9. The Morgan fingerprint density at radius 3 is 2.63 bits per heavy atom. The Labute approximate surface area is 113 Å². The molecule has 104 valence electrons. The molecule has 2 heterocycles. The third-order valence-corrected chi connectivity index (χ3v) is 2.94. The van der Waals surface area contributed by atoms with Crippen LogP contribution >= 0.6 is 0 Å². The van der Waals surface area contributed by atoms with Gasteiger partial charge in [0.1, 0.15) is 5.60 Å². The number of carbonyl (C=O) groups is 1. The fraction of sp³-hybridized carbons (Fsp3) is 0.571. The van der Waals surface area contributed by atoms with E-state index in [1.54, 1.807) is 17.4 Å². The summed E-state index contributed by atoms with van der Waals surface area (Å²) in [5.41, 5.74) is 1.92. The molecule has 0 aliphatic carbocycles. The van der Waals surface area contributed by atoms with Crippen molar-refractivity contribution in [1.29, 1.82) is 0 Å². The topological polar surface area (TPSA) is 58.2 Å². The van der Waals surface area contributed by atoms with Crippen molar-refractivity contribution in [3.05, 3.63) is 23.8 Å². The molecule has 5 heteroatoms. The molecule has 1 aromatic heterocycles. The van der Waals surface area contributed by atoms with Crippen LogP contribution in [0.5, 0.6) is 0 Å². The summed E-state index contributed by atoms with van der Waals surface area (Å²) in [6.07, 6.45) is 7.14. The van der Waals surface area contributed by atoms with Crippen LogP contribution in [0.1, 0.15) is 39.3 Å². The van der Waals surface area contributed by atoms with Gasteiger partial charge in [-0.25, -0.2) is 9.78 Å². The lowest BCUT2D eigenvalue weighted by Gasteiger charge is -2.30. The van der Waals surface area contributed by atoms with E-state index in [0.717, 1.165) is 31.6 Å². The second kappa shape index (κ2) is 5.47. The predicted octanol–water partition coefficient (Wildman–Crippen LogP) is 2.82. The van der Waals surface area contributed by atoms with Crippen molar-refractivity contribution in [1.82, 2.24) is 14.9 Å². The number of aromatic amines is 1. The summed E-state index contributed by atoms with van der Waals surface area (Å²) in [5.74, 6) is 0. The second-order valence-corrected chi connectivity index (χ2v) is 5.78. The number of ether oxygens (including phenoxy) is 1. The third-order valence-electron chi connectivity index (χ3n) is 2.94. The van der Waals surface area contributed by atoms with Crippen molar-refractivity contribution in [3.63, 3.8) is 0 Å². The average molecular weight is 263 g/mol. The van der Waals surface area contributed by atoms with E-state index < -0.39 is 5.60 Å². The van der Waals surface area contributed by atoms with E-state index in [2.05, 4.69) is 16.0 Å². The Balaban J connectivity index is 1.87. The van der Waals surface area contributed by atoms with Crippen LogP contribution in [-0.4, -0.2) is 39.7 Å². The van der Waals surface area contributed by atoms with Crippen molar-refractivity contribution in [2.45, 2.75) is 39.2 Å². The predicted molar refractivity (Wildman–Crippen MR) is 73.6 cm³/mol. The van der Waals surface area contributed by atoms with Gasteiger partial charge in [0.15, 0.2) is 0 Å². The standard InChI is InChI=1S/C14H21N3O2/c1-14(2,3)19-13(18)17-6-4-11(5-7-17)8-12-9-15-10-16-12/h8-10H,4-7H2,1-3H3,(H,15,16). The van der Waals surface area contributed by atoms with E-state index in [0.29, 0.717) is 0 Å². The van der Waals surface area contributed by atoms with E-state index in [9.17, 15) is 4.79 Å². The number of carbonyl (C=O) groups excluding carboxylic acids is 1. The monoisotopic (exact) mass is 263 g/mol. The number of hydrogen-bond donors (Lipinski definition) is 1. The van der Waals surface area contributed by atoms with Crippen molar-refractivity contribution >= 4 is 12.2 Å². The highest BCUT2D eigenvalue weighted by molar-refractivity contribution is 5.68. The molecule has 2 rings (SSSR count). The number of aromatic nitrogens is 2. The molecule has 5 nitrogen and oxygen atoms in total. The number of nitrogens with one attached hydrogen (secondary N) is 1. The van der Waals surface area contributed by atoms with Crippen LogP contribution in [0, 0.1) is 0 Å². The fourth-order valence-electron chi connectivity index (χ4n) is 2.01. The molecule has 0 aromatic carbocycles. The molecule has 0 saturated carbocycles. The molecule has 0 unspecified atom stereocenters. The van der Waals surface area contributed by atoms with Crippen LogP contribution < -0.4 is 0 Å². The van der Waals surface area contributed by atoms with E-state index in [1.165, 1.54) is 5.57 Å². The Kier molecular flexibility index (Phi) is 3.93. The van der Waals surface area contributed by atoms with Gasteiger partial charge >= 0.3 is 6.09 Å². The van der Waals surface area contributed by atoms with Crippen LogP contribution in [0.4, 0.5) is 4.79 Å². The molecule has 0 radical (unpaired) electrons. The Hall–Kier alpha value is -1.78. The molecule has 19 heavy (non-hydrogen) atoms. The number of nitrogens with zero attached hydrogens (tertiary/aromatic N) is 2. The first-order chi connectivity index (χ1) is 8.94. The molecular formula is C14H21N3O2. The first-order valence-corrected chi connectivity index (χ1v) is 6.60. The largest absolute Gasteiger partial charge is 0.444 e. The molecule has 1 N–H and O–H groups in total. The lowest BCUT2D eigenvalue weighted by atomic mass is 10.0. The Morgan fingerprint density at radius 2 is 2.11 bits per heavy atom. The quantitative estimate of drug-likeness (QED) is 0.847. The smallest absolute Gasteiger partial charge is 0.410 e. The summed E-state index contributed by atoms with van der Waals surface area (Å²) < 4.78 is 5.37. The zero-order valence-corrected chi connectivity index (χ0v) is 11.8. The van der Waals surface area contributed by atoms with Crippen molar-refractivity contribution < 1.29 is 9.53 Å². The molecule has 0 atom stereocenters. The molecule has 0 bridgehead atoms. The van der Waals surface area contributed by atoms with E-state index in [4.69, 9.17) is 4.74 Å². The van der Waals surface area contributed by atoms with Gasteiger partial charge in [0.25, 0.3) is 0 Å². The molecule has 1 fully saturated rings. The second-order valence-electron chi connectivity index (χ2n) is 5.78. The van der Waals surface area contributed by atoms with Crippen LogP contribution in [0.25, 0.3) is 6.08 Å². The summed E-state index contributed by atoms with van der Waals surface area (Å²) in [7, 11) is 0. The molecular weight excluding hydrogens is 242 g/mol. The number of likely N-dealkylation sites (tertiary alicyclic amines) is 1. The SMILES string of the molecule is CC(C)(C)OC(=O)N1CCC(=Cc2cnc[nH]2)CC1. The minimum atomic E-state index is -0.427. The van der Waals surface area contributed by atoms with Crippen LogP contribution in [0.2, 0.25) is 0 Å². The number of hydrogen-bond acceptors (Lipinski definition) is 3. The van der Waals surface area contributed by atoms with E-state index in [-0.39, 0.29) is 6.09 Å². The maximum Gasteiger partial charge on any atom is 0.410 e. The lowest BCUT2D eigenvalue weighted by molar-refractivity contribution is 0.0237. The number of imidazole rings is 1. The lowest BCUT2D eigenvalue weighted by Crippen LogP contribution is -2.40. The molecule has 0 spiro atoms. The highest BCUT2D eigenvalue weighted by atomic mass is 16.6. The van der Waals surface area contributed by atoms with Gasteiger partial charge in [-0.05, 0) is 39.7 Å². The fourth-order valence-corrected chi connectivity index (χ4v) is 2.01. The minimum Gasteiger partial charge on any atom is -0.444 e. The van der Waals surface area contributed by atoms with Gasteiger partial charge in [-0.1, -0.05) is 5.57 Å². The van der Waals surface area contributed by atoms with Crippen molar-refractivity contribution in [2.75, 3.05) is 13.1 Å². The number of H-pyrrole nitrogens is 1. The molecule has 1 amide bonds. The van der Waals surface area contributed by atoms with Crippen molar-refractivity contribution in [3.8, 4) is 0 Å². The van der Waals surface area contributed by atoms with Crippen LogP contribution in [0.3, 0.4) is 0 Å². The Bertz CT molecular complexity index is 448. The van der Waals surface area contributed by atoms with Gasteiger partial charge in [0.05, 0.1) is 18.2 Å². The highest BCUT2D eigenvalue weighted by Gasteiger charge is 2.24. The summed E-state index contributed by atoms with van der Waals surface area (Å²) in [6, 6.07) is 0. The van der Waals surface area contributed by atoms with Crippen LogP contribution in [0.15, 0.2) is 18.1 Å². The van der Waals surface area contributed by atoms with Gasteiger partial charge in [-0.15, -0.1) is 0 Å². The molecule has 1 aliphatic rings. The first-order valence-electron chi connectivity index (χ1n) is 6.60. The average Bonchev–Trinajstić information content (AvgIpc) is 2.80. The summed E-state index contributed by atoms with van der Waals surface area (Å²) >= 11 is 0. The van der Waals surface area contributed by atoms with Gasteiger partial charge in [-0.2, -0.15) is 0 Å². The maximum absolute atomic E-state index is 11.9. The zero-order valence-electron chi connectivity index (χ0n) is 11.8. The highest BCUT2D eigenvalue weighted by Crippen LogP contribution is 2.20. The first kappa shape index (κ1) is 13.6. The number of rotatable bonds is 1. The Morgan fingerprint density at radius 1 is 1.42 bits per heavy atom. The maximum atomic E-state index is 11.9. The van der Waals surface area contributed by atoms with Gasteiger partial charge in [-0.3, -0.25) is 0 Å². The number of piperidine rings is 1. The third kappa shape index (κ3) is 4.12. The normalized spacial score (nSPS) is 16.4. The van der Waals surface area contributed by atoms with Crippen LogP contribution in [-0.2, 0) is 4.74 Å². The van der Waals surface area contributed by atoms with Gasteiger partial charge < -0.3 is 14.6 Å². The summed E-state index contributed by atoms with van der Waals surface area (Å²) in [5, 5.41) is 0. The molecule has 1 aliphatic heterocycles. The summed E-state index contributed by atoms with van der Waals surface area (Å²) in [4.78, 5) is 20.7. The number of amides is 1. The molecule has 1 aromatic rings. The van der Waals surface area contributed by atoms with Crippen molar-refractivity contribution in [2.24, 2.45) is 0 Å². The summed E-state index contributed by atoms with van der Waals surface area (Å²) in [6.45, 7) is 7.10. The van der Waals surface area contributed by atoms with Gasteiger partial charge in [0, 0.05) is 13.1 Å². The van der Waals surface area contributed by atoms with E-state index in [1.807, 2.05) is 20.8 Å².